The molecule has 0 aliphatic carbocycles. The molecule has 4 rings (SSSR count). The SMILES string of the molecule is CCOC(=O)C1=C(C)Nc2nc(SCc3ccc([N+](=O)[O-])cc3)nn2C1c1ccc(Br)cc1. The van der Waals surface area contributed by atoms with Crippen molar-refractivity contribution in [2.24, 2.45) is 0 Å². The number of aromatic nitrogens is 3. The molecule has 0 saturated carbocycles. The Morgan fingerprint density at radius 3 is 2.58 bits per heavy atom. The van der Waals surface area contributed by atoms with Crippen LogP contribution in [0.2, 0.25) is 0 Å². The van der Waals surface area contributed by atoms with Gasteiger partial charge in [-0.1, -0.05) is 52.0 Å². The summed E-state index contributed by atoms with van der Waals surface area (Å²) in [5, 5.41) is 19.2. The first-order valence-corrected chi connectivity index (χ1v) is 11.9. The predicted octanol–water partition coefficient (Wildman–Crippen LogP) is 5.09. The van der Waals surface area contributed by atoms with Crippen molar-refractivity contribution in [3.63, 3.8) is 0 Å². The number of fused-ring (bicyclic) bond motifs is 1. The highest BCUT2D eigenvalue weighted by molar-refractivity contribution is 9.10. The zero-order valence-electron chi connectivity index (χ0n) is 17.8. The number of thioether (sulfide) groups is 1. The van der Waals surface area contributed by atoms with Crippen LogP contribution in [0.1, 0.15) is 31.0 Å². The molecule has 3 aromatic rings. The summed E-state index contributed by atoms with van der Waals surface area (Å²) in [5.41, 5.74) is 2.98. The summed E-state index contributed by atoms with van der Waals surface area (Å²) in [4.78, 5) is 27.8. The fourth-order valence-electron chi connectivity index (χ4n) is 3.48. The van der Waals surface area contributed by atoms with Crippen molar-refractivity contribution in [1.29, 1.82) is 0 Å². The van der Waals surface area contributed by atoms with Gasteiger partial charge in [0.2, 0.25) is 11.1 Å². The van der Waals surface area contributed by atoms with Crippen molar-refractivity contribution in [2.45, 2.75) is 30.8 Å². The summed E-state index contributed by atoms with van der Waals surface area (Å²) in [6, 6.07) is 13.6. The molecule has 2 heterocycles. The van der Waals surface area contributed by atoms with E-state index in [1.165, 1.54) is 23.9 Å². The Balaban J connectivity index is 1.63. The minimum Gasteiger partial charge on any atom is -0.463 e. The number of benzene rings is 2. The molecular weight excluding hydrogens is 510 g/mol. The van der Waals surface area contributed by atoms with Gasteiger partial charge in [-0.15, -0.1) is 5.10 Å². The van der Waals surface area contributed by atoms with Crippen LogP contribution in [-0.4, -0.2) is 32.3 Å². The molecule has 0 fully saturated rings. The fourth-order valence-corrected chi connectivity index (χ4v) is 4.53. The normalized spacial score (nSPS) is 15.1. The first-order valence-electron chi connectivity index (χ1n) is 10.1. The highest BCUT2D eigenvalue weighted by Crippen LogP contribution is 2.37. The highest BCUT2D eigenvalue weighted by Gasteiger charge is 2.35. The summed E-state index contributed by atoms with van der Waals surface area (Å²) in [6.07, 6.45) is 0. The summed E-state index contributed by atoms with van der Waals surface area (Å²) >= 11 is 4.86. The van der Waals surface area contributed by atoms with E-state index in [0.29, 0.717) is 28.1 Å². The van der Waals surface area contributed by atoms with E-state index in [-0.39, 0.29) is 12.3 Å². The number of allylic oxidation sites excluding steroid dienone is 1. The first-order chi connectivity index (χ1) is 15.9. The number of halogens is 1. The Bertz CT molecular complexity index is 1220. The maximum Gasteiger partial charge on any atom is 0.338 e. The van der Waals surface area contributed by atoms with Gasteiger partial charge in [0.1, 0.15) is 6.04 Å². The second kappa shape index (κ2) is 9.75. The lowest BCUT2D eigenvalue weighted by Crippen LogP contribution is -2.29. The van der Waals surface area contributed by atoms with Gasteiger partial charge in [0.25, 0.3) is 5.69 Å². The number of hydrogen-bond acceptors (Lipinski definition) is 8. The van der Waals surface area contributed by atoms with Crippen LogP contribution in [0.3, 0.4) is 0 Å². The molecule has 0 radical (unpaired) electrons. The summed E-state index contributed by atoms with van der Waals surface area (Å²) < 4.78 is 7.94. The van der Waals surface area contributed by atoms with Crippen LogP contribution >= 0.6 is 27.7 Å². The third kappa shape index (κ3) is 4.93. The molecule has 0 amide bonds. The predicted molar refractivity (Wildman–Crippen MR) is 128 cm³/mol. The third-order valence-electron chi connectivity index (χ3n) is 5.03. The number of nitro benzene ring substituents is 1. The van der Waals surface area contributed by atoms with Gasteiger partial charge in [-0.3, -0.25) is 10.1 Å². The number of rotatable bonds is 7. The van der Waals surface area contributed by atoms with Crippen molar-refractivity contribution in [3.8, 4) is 0 Å². The van der Waals surface area contributed by atoms with Gasteiger partial charge in [-0.25, -0.2) is 9.48 Å². The summed E-state index contributed by atoms with van der Waals surface area (Å²) in [6.45, 7) is 3.86. The minimum absolute atomic E-state index is 0.0499. The van der Waals surface area contributed by atoms with Crippen LogP contribution in [0.25, 0.3) is 0 Å². The van der Waals surface area contributed by atoms with Gasteiger partial charge in [0.15, 0.2) is 0 Å². The van der Waals surface area contributed by atoms with Crippen LogP contribution in [0.15, 0.2) is 69.4 Å². The van der Waals surface area contributed by atoms with Gasteiger partial charge >= 0.3 is 5.97 Å². The number of anilines is 1. The third-order valence-corrected chi connectivity index (χ3v) is 6.47. The van der Waals surface area contributed by atoms with Crippen LogP contribution < -0.4 is 5.32 Å². The summed E-state index contributed by atoms with van der Waals surface area (Å²) in [7, 11) is 0. The minimum atomic E-state index is -0.491. The molecule has 1 aromatic heterocycles. The zero-order valence-corrected chi connectivity index (χ0v) is 20.2. The second-order valence-corrected chi connectivity index (χ2v) is 9.07. The Labute approximate surface area is 202 Å². The van der Waals surface area contributed by atoms with Gasteiger partial charge in [-0.2, -0.15) is 4.98 Å². The van der Waals surface area contributed by atoms with Crippen LogP contribution in [0.4, 0.5) is 11.6 Å². The molecule has 1 aliphatic heterocycles. The second-order valence-electron chi connectivity index (χ2n) is 7.21. The number of carbonyl (C=O) groups excluding carboxylic acids is 1. The standard InChI is InChI=1S/C22H20BrN5O4S/c1-3-32-20(29)18-13(2)24-21-25-22(33-12-14-4-10-17(11-5-14)28(30)31)26-27(21)19(18)15-6-8-16(23)9-7-15/h4-11,19H,3,12H2,1-2H3,(H,24,25,26). The number of ether oxygens (including phenoxy) is 1. The van der Waals surface area contributed by atoms with E-state index in [4.69, 9.17) is 4.74 Å². The monoisotopic (exact) mass is 529 g/mol. The van der Waals surface area contributed by atoms with E-state index in [1.54, 1.807) is 23.7 Å². The molecule has 1 unspecified atom stereocenters. The van der Waals surface area contributed by atoms with Crippen molar-refractivity contribution >= 4 is 45.3 Å². The molecular formula is C22H20BrN5O4S. The molecule has 0 saturated heterocycles. The Morgan fingerprint density at radius 2 is 1.94 bits per heavy atom. The molecule has 9 nitrogen and oxygen atoms in total. The Kier molecular flexibility index (Phi) is 6.80. The highest BCUT2D eigenvalue weighted by atomic mass is 79.9. The van der Waals surface area contributed by atoms with Crippen LogP contribution in [-0.2, 0) is 15.3 Å². The average Bonchev–Trinajstić information content (AvgIpc) is 3.20. The molecule has 1 aliphatic rings. The first kappa shape index (κ1) is 23.0. The van der Waals surface area contributed by atoms with E-state index in [0.717, 1.165) is 15.6 Å². The molecule has 170 valence electrons. The van der Waals surface area contributed by atoms with Crippen molar-refractivity contribution < 1.29 is 14.5 Å². The Morgan fingerprint density at radius 1 is 1.24 bits per heavy atom. The van der Waals surface area contributed by atoms with Crippen molar-refractivity contribution in [3.05, 3.63) is 85.5 Å². The van der Waals surface area contributed by atoms with Gasteiger partial charge in [0, 0.05) is 28.1 Å². The summed E-state index contributed by atoms with van der Waals surface area (Å²) in [5.74, 6) is 0.665. The number of hydrogen-bond donors (Lipinski definition) is 1. The smallest absolute Gasteiger partial charge is 0.338 e. The molecule has 33 heavy (non-hydrogen) atoms. The molecule has 11 heteroatoms. The number of nitrogens with zero attached hydrogens (tertiary/aromatic N) is 4. The quantitative estimate of drug-likeness (QED) is 0.195. The van der Waals surface area contributed by atoms with E-state index >= 15 is 0 Å². The van der Waals surface area contributed by atoms with Crippen molar-refractivity contribution in [1.82, 2.24) is 14.8 Å². The lowest BCUT2D eigenvalue weighted by Gasteiger charge is -2.28. The maximum atomic E-state index is 12.8. The maximum absolute atomic E-state index is 12.8. The zero-order chi connectivity index (χ0) is 23.5. The van der Waals surface area contributed by atoms with E-state index in [9.17, 15) is 14.9 Å². The number of nitro groups is 1. The molecule has 1 atom stereocenters. The molecule has 0 spiro atoms. The Hall–Kier alpha value is -3.18. The largest absolute Gasteiger partial charge is 0.463 e. The number of carbonyl (C=O) groups is 1. The average molecular weight is 530 g/mol. The number of nitrogens with one attached hydrogen (secondary N) is 1. The van der Waals surface area contributed by atoms with E-state index in [1.807, 2.05) is 31.2 Å². The van der Waals surface area contributed by atoms with Crippen molar-refractivity contribution in [2.75, 3.05) is 11.9 Å². The van der Waals surface area contributed by atoms with Gasteiger partial charge in [0.05, 0.1) is 17.1 Å². The lowest BCUT2D eigenvalue weighted by atomic mass is 9.96. The number of non-ortho nitro benzene ring substituents is 1. The van der Waals surface area contributed by atoms with Crippen LogP contribution in [0, 0.1) is 10.1 Å². The molecule has 2 aromatic carbocycles. The lowest BCUT2D eigenvalue weighted by molar-refractivity contribution is -0.384. The number of esters is 1. The van der Waals surface area contributed by atoms with E-state index < -0.39 is 16.9 Å². The molecule has 0 bridgehead atoms. The molecule has 1 N–H and O–H groups in total. The topological polar surface area (TPSA) is 112 Å². The van der Waals surface area contributed by atoms with Crippen LogP contribution in [0.5, 0.6) is 0 Å². The van der Waals surface area contributed by atoms with E-state index in [2.05, 4.69) is 31.3 Å². The van der Waals surface area contributed by atoms with Gasteiger partial charge < -0.3 is 10.1 Å². The fraction of sp³-hybridized carbons (Fsp3) is 0.227. The van der Waals surface area contributed by atoms with Gasteiger partial charge in [-0.05, 0) is 37.1 Å².